The normalized spacial score (nSPS) is 12.8. The number of fused-ring (bicyclic) bond motifs is 3. The molecule has 2 heterocycles. The monoisotopic (exact) mass is 301 g/mol. The van der Waals surface area contributed by atoms with Gasteiger partial charge in [0.15, 0.2) is 0 Å². The lowest BCUT2D eigenvalue weighted by molar-refractivity contribution is 0.414. The average Bonchev–Trinajstić information content (AvgIpc) is 2.55. The lowest BCUT2D eigenvalue weighted by atomic mass is 9.96. The Labute approximate surface area is 128 Å². The van der Waals surface area contributed by atoms with Crippen LogP contribution in [-0.4, -0.2) is 22.8 Å². The summed E-state index contributed by atoms with van der Waals surface area (Å²) >= 11 is 0. The minimum Gasteiger partial charge on any atom is -0.497 e. The van der Waals surface area contributed by atoms with Gasteiger partial charge in [0.2, 0.25) is 0 Å². The molecule has 3 rings (SSSR count). The smallest absolute Gasteiger partial charge is 0.332 e. The third-order valence-corrected chi connectivity index (χ3v) is 4.26. The molecule has 22 heavy (non-hydrogen) atoms. The molecule has 2 aromatic rings. The second-order valence-corrected chi connectivity index (χ2v) is 5.44. The summed E-state index contributed by atoms with van der Waals surface area (Å²) in [5.74, 6) is 1.45. The van der Waals surface area contributed by atoms with Gasteiger partial charge in [-0.3, -0.25) is 13.9 Å². The summed E-state index contributed by atoms with van der Waals surface area (Å²) in [5.41, 5.74) is 1.92. The Hall–Kier alpha value is -2.50. The fraction of sp³-hybridized carbons (Fsp3) is 0.375. The van der Waals surface area contributed by atoms with Gasteiger partial charge in [0.1, 0.15) is 11.6 Å². The number of aromatic nitrogens is 2. The highest BCUT2D eigenvalue weighted by atomic mass is 16.5. The Bertz CT molecular complexity index is 864. The van der Waals surface area contributed by atoms with Crippen LogP contribution in [0.1, 0.15) is 12.5 Å². The first-order chi connectivity index (χ1) is 10.5. The summed E-state index contributed by atoms with van der Waals surface area (Å²) in [4.78, 5) is 26.9. The summed E-state index contributed by atoms with van der Waals surface area (Å²) < 4.78 is 7.98. The zero-order valence-electron chi connectivity index (χ0n) is 13.2. The van der Waals surface area contributed by atoms with Gasteiger partial charge in [0.05, 0.1) is 12.7 Å². The number of nitrogens with zero attached hydrogens (tertiary/aromatic N) is 3. The van der Waals surface area contributed by atoms with Gasteiger partial charge in [-0.15, -0.1) is 0 Å². The van der Waals surface area contributed by atoms with Crippen LogP contribution in [0, 0.1) is 0 Å². The highest BCUT2D eigenvalue weighted by Crippen LogP contribution is 2.37. The number of anilines is 1. The topological polar surface area (TPSA) is 56.5 Å². The molecule has 0 saturated carbocycles. The van der Waals surface area contributed by atoms with Gasteiger partial charge in [0, 0.05) is 27.2 Å². The summed E-state index contributed by atoms with van der Waals surface area (Å²) in [5, 5.41) is 0. The average molecular weight is 301 g/mol. The van der Waals surface area contributed by atoms with Crippen molar-refractivity contribution in [3.8, 4) is 16.9 Å². The lowest BCUT2D eigenvalue weighted by Gasteiger charge is -2.33. The fourth-order valence-corrected chi connectivity index (χ4v) is 3.05. The molecule has 0 spiro atoms. The molecule has 0 bridgehead atoms. The van der Waals surface area contributed by atoms with Crippen molar-refractivity contribution in [2.24, 2.45) is 14.1 Å². The first-order valence-corrected chi connectivity index (χ1v) is 7.21. The van der Waals surface area contributed by atoms with Crippen LogP contribution in [-0.2, 0) is 20.6 Å². The van der Waals surface area contributed by atoms with Crippen molar-refractivity contribution in [1.29, 1.82) is 0 Å². The highest BCUT2D eigenvalue weighted by molar-refractivity contribution is 5.81. The van der Waals surface area contributed by atoms with Crippen molar-refractivity contribution in [2.75, 3.05) is 18.6 Å². The van der Waals surface area contributed by atoms with E-state index in [0.29, 0.717) is 24.5 Å². The van der Waals surface area contributed by atoms with Gasteiger partial charge >= 0.3 is 5.69 Å². The van der Waals surface area contributed by atoms with Crippen LogP contribution in [0.4, 0.5) is 5.82 Å². The Balaban J connectivity index is 2.42. The molecule has 1 aromatic heterocycles. The second-order valence-electron chi connectivity index (χ2n) is 5.44. The Morgan fingerprint density at radius 1 is 1.18 bits per heavy atom. The minimum atomic E-state index is -0.306. The van der Waals surface area contributed by atoms with E-state index < -0.39 is 0 Å². The van der Waals surface area contributed by atoms with Gasteiger partial charge in [-0.05, 0) is 30.2 Å². The zero-order valence-corrected chi connectivity index (χ0v) is 13.2. The molecule has 116 valence electrons. The first-order valence-electron chi connectivity index (χ1n) is 7.21. The Morgan fingerprint density at radius 2 is 1.91 bits per heavy atom. The third kappa shape index (κ3) is 1.87. The number of hydrogen-bond acceptors (Lipinski definition) is 4. The fourth-order valence-electron chi connectivity index (χ4n) is 3.05. The van der Waals surface area contributed by atoms with Crippen LogP contribution in [0.25, 0.3) is 11.1 Å². The van der Waals surface area contributed by atoms with Crippen molar-refractivity contribution in [1.82, 2.24) is 9.13 Å². The van der Waals surface area contributed by atoms with Crippen molar-refractivity contribution in [3.63, 3.8) is 0 Å². The molecule has 0 saturated heterocycles. The van der Waals surface area contributed by atoms with Crippen LogP contribution in [0.3, 0.4) is 0 Å². The molecule has 0 aliphatic carbocycles. The Kier molecular flexibility index (Phi) is 3.31. The molecule has 0 unspecified atom stereocenters. The molecule has 0 radical (unpaired) electrons. The molecule has 6 nitrogen and oxygen atoms in total. The molecule has 0 N–H and O–H groups in total. The van der Waals surface area contributed by atoms with Gasteiger partial charge in [-0.25, -0.2) is 4.79 Å². The van der Waals surface area contributed by atoms with Crippen molar-refractivity contribution in [2.45, 2.75) is 13.5 Å². The number of rotatable bonds is 2. The van der Waals surface area contributed by atoms with Crippen LogP contribution in [0.2, 0.25) is 0 Å². The summed E-state index contributed by atoms with van der Waals surface area (Å²) in [7, 11) is 4.84. The molecule has 1 aliphatic heterocycles. The van der Waals surface area contributed by atoms with Crippen LogP contribution in [0.15, 0.2) is 27.8 Å². The number of hydrogen-bond donors (Lipinski definition) is 0. The van der Waals surface area contributed by atoms with E-state index in [9.17, 15) is 9.59 Å². The molecule has 1 aliphatic rings. The molecule has 0 atom stereocenters. The SMILES string of the molecule is CCN1Cc2cc(OC)ccc2-c2c1n(C)c(=O)n(C)c2=O. The van der Waals surface area contributed by atoms with E-state index in [1.165, 1.54) is 7.05 Å². The third-order valence-electron chi connectivity index (χ3n) is 4.26. The van der Waals surface area contributed by atoms with E-state index in [2.05, 4.69) is 0 Å². The van der Waals surface area contributed by atoms with Gasteiger partial charge in [-0.1, -0.05) is 6.07 Å². The predicted octanol–water partition coefficient (Wildman–Crippen LogP) is 1.10. The molecule has 0 amide bonds. The van der Waals surface area contributed by atoms with Crippen molar-refractivity contribution < 1.29 is 4.74 Å². The Morgan fingerprint density at radius 3 is 2.55 bits per heavy atom. The van der Waals surface area contributed by atoms with Crippen molar-refractivity contribution in [3.05, 3.63) is 44.6 Å². The van der Waals surface area contributed by atoms with E-state index in [-0.39, 0.29) is 11.2 Å². The van der Waals surface area contributed by atoms with Crippen LogP contribution < -0.4 is 20.9 Å². The van der Waals surface area contributed by atoms with Gasteiger partial charge < -0.3 is 9.64 Å². The molecule has 0 fully saturated rings. The number of benzene rings is 1. The van der Waals surface area contributed by atoms with Gasteiger partial charge in [-0.2, -0.15) is 0 Å². The quantitative estimate of drug-likeness (QED) is 0.833. The van der Waals surface area contributed by atoms with E-state index in [1.807, 2.05) is 30.0 Å². The first kappa shape index (κ1) is 14.4. The zero-order chi connectivity index (χ0) is 16.0. The summed E-state index contributed by atoms with van der Waals surface area (Å²) in [6, 6.07) is 5.69. The molecular weight excluding hydrogens is 282 g/mol. The predicted molar refractivity (Wildman–Crippen MR) is 85.6 cm³/mol. The maximum absolute atomic E-state index is 12.7. The molecule has 1 aromatic carbocycles. The molecular formula is C16H19N3O3. The lowest BCUT2D eigenvalue weighted by Crippen LogP contribution is -2.43. The summed E-state index contributed by atoms with van der Waals surface area (Å²) in [6.07, 6.45) is 0. The number of ether oxygens (including phenoxy) is 1. The van der Waals surface area contributed by atoms with E-state index in [1.54, 1.807) is 18.7 Å². The second kappa shape index (κ2) is 5.05. The van der Waals surface area contributed by atoms with Gasteiger partial charge in [0.25, 0.3) is 5.56 Å². The summed E-state index contributed by atoms with van der Waals surface area (Å²) in [6.45, 7) is 3.37. The van der Waals surface area contributed by atoms with E-state index >= 15 is 0 Å². The van der Waals surface area contributed by atoms with Crippen LogP contribution >= 0.6 is 0 Å². The minimum absolute atomic E-state index is 0.261. The van der Waals surface area contributed by atoms with Crippen molar-refractivity contribution >= 4 is 5.82 Å². The largest absolute Gasteiger partial charge is 0.497 e. The van der Waals surface area contributed by atoms with E-state index in [4.69, 9.17) is 4.74 Å². The molecule has 6 heteroatoms. The standard InChI is InChI=1S/C16H19N3O3/c1-5-19-9-10-8-11(22-4)6-7-12(10)13-14(19)17(2)16(21)18(3)15(13)20/h6-8H,5,9H2,1-4H3. The number of methoxy groups -OCH3 is 1. The van der Waals surface area contributed by atoms with Crippen LogP contribution in [0.5, 0.6) is 5.75 Å². The maximum Gasteiger partial charge on any atom is 0.332 e. The maximum atomic E-state index is 12.7. The van der Waals surface area contributed by atoms with E-state index in [0.717, 1.165) is 21.4 Å². The highest BCUT2D eigenvalue weighted by Gasteiger charge is 2.28.